The van der Waals surface area contributed by atoms with Gasteiger partial charge in [0.05, 0.1) is 5.56 Å². The monoisotopic (exact) mass is 314 g/mol. The summed E-state index contributed by atoms with van der Waals surface area (Å²) in [7, 11) is 0. The van der Waals surface area contributed by atoms with Crippen LogP contribution in [0.2, 0.25) is 0 Å². The highest BCUT2D eigenvalue weighted by molar-refractivity contribution is 5.95. The van der Waals surface area contributed by atoms with E-state index in [1.165, 1.54) is 0 Å². The van der Waals surface area contributed by atoms with E-state index in [2.05, 4.69) is 16.8 Å². The van der Waals surface area contributed by atoms with Crippen LogP contribution in [0, 0.1) is 13.8 Å². The van der Waals surface area contributed by atoms with Crippen LogP contribution in [-0.4, -0.2) is 23.8 Å². The second-order valence-electron chi connectivity index (χ2n) is 5.72. The van der Waals surface area contributed by atoms with Gasteiger partial charge in [-0.2, -0.15) is 0 Å². The summed E-state index contributed by atoms with van der Waals surface area (Å²) >= 11 is 0. The molecule has 23 heavy (non-hydrogen) atoms. The topological polar surface area (TPSA) is 52.5 Å². The predicted molar refractivity (Wildman–Crippen MR) is 88.2 cm³/mol. The Morgan fingerprint density at radius 3 is 2.74 bits per heavy atom. The molecule has 0 radical (unpaired) electrons. The number of fused-ring (bicyclic) bond motifs is 1. The van der Waals surface area contributed by atoms with Crippen LogP contribution < -0.4 is 14.8 Å². The van der Waals surface area contributed by atoms with Crippen LogP contribution in [0.3, 0.4) is 0 Å². The van der Waals surface area contributed by atoms with Crippen LogP contribution in [0.15, 0.2) is 24.3 Å². The summed E-state index contributed by atoms with van der Waals surface area (Å²) in [6.45, 7) is 7.85. The average molecular weight is 314 g/mol. The third-order valence-corrected chi connectivity index (χ3v) is 4.27. The van der Waals surface area contributed by atoms with Crippen LogP contribution in [0.4, 0.5) is 0 Å². The molecule has 1 amide bonds. The Morgan fingerprint density at radius 2 is 2.00 bits per heavy atom. The first-order chi connectivity index (χ1) is 11.1. The molecule has 2 aromatic rings. The number of nitrogens with zero attached hydrogens (tertiary/aromatic N) is 1. The molecule has 5 nitrogen and oxygen atoms in total. The molecule has 0 fully saturated rings. The second-order valence-corrected chi connectivity index (χ2v) is 5.72. The Bertz CT molecular complexity index is 734. The van der Waals surface area contributed by atoms with Crippen molar-refractivity contribution in [2.24, 2.45) is 0 Å². The van der Waals surface area contributed by atoms with Gasteiger partial charge in [0.15, 0.2) is 11.5 Å². The van der Waals surface area contributed by atoms with Gasteiger partial charge in [-0.3, -0.25) is 4.79 Å². The van der Waals surface area contributed by atoms with Crippen LogP contribution in [0.1, 0.15) is 34.2 Å². The van der Waals surface area contributed by atoms with Gasteiger partial charge in [-0.25, -0.2) is 0 Å². The maximum atomic E-state index is 12.4. The highest BCUT2D eigenvalue weighted by Gasteiger charge is 2.15. The lowest BCUT2D eigenvalue weighted by molar-refractivity contribution is 0.0953. The van der Waals surface area contributed by atoms with E-state index < -0.39 is 0 Å². The standard InChI is InChI=1S/C18H22N2O3/c1-4-20-12(2)9-15(13(20)3)18(21)19-8-7-14-5-6-16-17(10-14)23-11-22-16/h5-6,9-10H,4,7-8,11H2,1-3H3,(H,19,21). The lowest BCUT2D eigenvalue weighted by Gasteiger charge is -2.07. The van der Waals surface area contributed by atoms with Crippen molar-refractivity contribution in [2.75, 3.05) is 13.3 Å². The van der Waals surface area contributed by atoms with Gasteiger partial charge in [-0.05, 0) is 51.0 Å². The van der Waals surface area contributed by atoms with Crippen LogP contribution in [0.25, 0.3) is 0 Å². The zero-order valence-electron chi connectivity index (χ0n) is 13.8. The average Bonchev–Trinajstić information content (AvgIpc) is 3.11. The highest BCUT2D eigenvalue weighted by atomic mass is 16.7. The number of amides is 1. The minimum absolute atomic E-state index is 0.0152. The van der Waals surface area contributed by atoms with Crippen molar-refractivity contribution in [3.63, 3.8) is 0 Å². The summed E-state index contributed by atoms with van der Waals surface area (Å²) < 4.78 is 12.8. The molecule has 2 heterocycles. The number of nitrogens with one attached hydrogen (secondary N) is 1. The number of rotatable bonds is 5. The predicted octanol–water partition coefficient (Wildman–Crippen LogP) is 2.83. The smallest absolute Gasteiger partial charge is 0.253 e. The van der Waals surface area contributed by atoms with Gasteiger partial charge in [0.25, 0.3) is 5.91 Å². The van der Waals surface area contributed by atoms with E-state index in [9.17, 15) is 4.79 Å². The summed E-state index contributed by atoms with van der Waals surface area (Å²) in [5.74, 6) is 1.55. The third-order valence-electron chi connectivity index (χ3n) is 4.27. The SMILES string of the molecule is CCn1c(C)cc(C(=O)NCCc2ccc3c(c2)OCO3)c1C. The van der Waals surface area contributed by atoms with E-state index in [4.69, 9.17) is 9.47 Å². The molecule has 1 aromatic carbocycles. The van der Waals surface area contributed by atoms with E-state index >= 15 is 0 Å². The van der Waals surface area contributed by atoms with Crippen molar-refractivity contribution in [3.05, 3.63) is 46.8 Å². The molecule has 1 aliphatic heterocycles. The third kappa shape index (κ3) is 3.04. The van der Waals surface area contributed by atoms with E-state index in [1.807, 2.05) is 38.1 Å². The maximum Gasteiger partial charge on any atom is 0.253 e. The fourth-order valence-electron chi connectivity index (χ4n) is 3.03. The van der Waals surface area contributed by atoms with Crippen LogP contribution >= 0.6 is 0 Å². The van der Waals surface area contributed by atoms with Gasteiger partial charge >= 0.3 is 0 Å². The fourth-order valence-corrected chi connectivity index (χ4v) is 3.03. The van der Waals surface area contributed by atoms with Crippen molar-refractivity contribution in [3.8, 4) is 11.5 Å². The number of carbonyl (C=O) groups is 1. The normalized spacial score (nSPS) is 12.5. The first kappa shape index (κ1) is 15.5. The molecule has 1 aromatic heterocycles. The Morgan fingerprint density at radius 1 is 1.22 bits per heavy atom. The first-order valence-corrected chi connectivity index (χ1v) is 7.93. The Balaban J connectivity index is 1.59. The van der Waals surface area contributed by atoms with Crippen LogP contribution in [0.5, 0.6) is 11.5 Å². The summed E-state index contributed by atoms with van der Waals surface area (Å²) in [5, 5.41) is 3.00. The number of hydrogen-bond acceptors (Lipinski definition) is 3. The minimum atomic E-state index is -0.0152. The van der Waals surface area contributed by atoms with Crippen molar-refractivity contribution in [1.29, 1.82) is 0 Å². The molecule has 5 heteroatoms. The quantitative estimate of drug-likeness (QED) is 0.923. The number of hydrogen-bond donors (Lipinski definition) is 1. The Kier molecular flexibility index (Phi) is 4.28. The van der Waals surface area contributed by atoms with Gasteiger partial charge in [0.2, 0.25) is 6.79 Å². The number of ether oxygens (including phenoxy) is 2. The lowest BCUT2D eigenvalue weighted by atomic mass is 10.1. The van der Waals surface area contributed by atoms with Gasteiger partial charge in [-0.15, -0.1) is 0 Å². The summed E-state index contributed by atoms with van der Waals surface area (Å²) in [4.78, 5) is 12.4. The van der Waals surface area contributed by atoms with Gasteiger partial charge in [-0.1, -0.05) is 6.07 Å². The molecule has 122 valence electrons. The van der Waals surface area contributed by atoms with Crippen molar-refractivity contribution < 1.29 is 14.3 Å². The Hall–Kier alpha value is -2.43. The Labute approximate surface area is 136 Å². The molecular weight excluding hydrogens is 292 g/mol. The van der Waals surface area contributed by atoms with Crippen molar-refractivity contribution >= 4 is 5.91 Å². The summed E-state index contributed by atoms with van der Waals surface area (Å²) in [6, 6.07) is 7.84. The zero-order chi connectivity index (χ0) is 16.4. The van der Waals surface area contributed by atoms with Crippen molar-refractivity contribution in [1.82, 2.24) is 9.88 Å². The fraction of sp³-hybridized carbons (Fsp3) is 0.389. The molecule has 1 N–H and O–H groups in total. The molecule has 0 atom stereocenters. The molecule has 0 unspecified atom stereocenters. The number of aryl methyl sites for hydroxylation is 1. The first-order valence-electron chi connectivity index (χ1n) is 7.93. The van der Waals surface area contributed by atoms with Gasteiger partial charge in [0.1, 0.15) is 0 Å². The summed E-state index contributed by atoms with van der Waals surface area (Å²) in [5.41, 5.74) is 4.01. The molecule has 0 saturated carbocycles. The number of aromatic nitrogens is 1. The molecular formula is C18H22N2O3. The molecule has 3 rings (SSSR count). The van der Waals surface area contributed by atoms with E-state index in [0.29, 0.717) is 6.54 Å². The van der Waals surface area contributed by atoms with E-state index in [1.54, 1.807) is 0 Å². The maximum absolute atomic E-state index is 12.4. The van der Waals surface area contributed by atoms with Gasteiger partial charge < -0.3 is 19.4 Å². The summed E-state index contributed by atoms with van der Waals surface area (Å²) in [6.07, 6.45) is 0.759. The van der Waals surface area contributed by atoms with E-state index in [0.717, 1.165) is 47.0 Å². The zero-order valence-corrected chi connectivity index (χ0v) is 13.8. The van der Waals surface area contributed by atoms with Crippen molar-refractivity contribution in [2.45, 2.75) is 33.7 Å². The second kappa shape index (κ2) is 6.36. The highest BCUT2D eigenvalue weighted by Crippen LogP contribution is 2.32. The molecule has 1 aliphatic rings. The number of carbonyl (C=O) groups excluding carboxylic acids is 1. The van der Waals surface area contributed by atoms with E-state index in [-0.39, 0.29) is 12.7 Å². The number of benzene rings is 1. The molecule has 0 bridgehead atoms. The van der Waals surface area contributed by atoms with Crippen LogP contribution in [-0.2, 0) is 13.0 Å². The minimum Gasteiger partial charge on any atom is -0.454 e. The van der Waals surface area contributed by atoms with Gasteiger partial charge in [0, 0.05) is 24.5 Å². The lowest BCUT2D eigenvalue weighted by Crippen LogP contribution is -2.26. The largest absolute Gasteiger partial charge is 0.454 e. The molecule has 0 aliphatic carbocycles. The molecule has 0 spiro atoms. The molecule has 0 saturated heterocycles.